The maximum absolute atomic E-state index is 10.2. The summed E-state index contributed by atoms with van der Waals surface area (Å²) in [5, 5.41) is 20.3. The number of aromatic carboxylic acids is 1. The van der Waals surface area contributed by atoms with Crippen LogP contribution >= 0.6 is 0 Å². The quantitative estimate of drug-likeness (QED) is 0.222. The largest absolute Gasteiger partial charge is 2.00 e. The Morgan fingerprint density at radius 2 is 1.20 bits per heavy atom. The molecular weight excluding hydrogens is 389 g/mol. The summed E-state index contributed by atoms with van der Waals surface area (Å²) in [6.07, 6.45) is 20.9. The first-order chi connectivity index (χ1) is 14.1. The van der Waals surface area contributed by atoms with Gasteiger partial charge < -0.3 is 19.8 Å². The molecule has 0 radical (unpaired) electrons. The van der Waals surface area contributed by atoms with Crippen molar-refractivity contribution in [1.29, 1.82) is 0 Å². The molecule has 1 aromatic rings. The number of allylic oxidation sites excluding steroid dienone is 2. The molecule has 0 spiro atoms. The maximum Gasteiger partial charge on any atom is 2.00 e. The third-order valence-electron chi connectivity index (χ3n) is 4.65. The SMILES string of the molecule is CCCCCCCC/C=C\CCCCCCCC(=O)[O-].O=C([O-])c1ccccc1.[Mg+2]. The fourth-order valence-electron chi connectivity index (χ4n) is 2.91. The van der Waals surface area contributed by atoms with Crippen molar-refractivity contribution < 1.29 is 19.8 Å². The van der Waals surface area contributed by atoms with Gasteiger partial charge in [-0.2, -0.15) is 0 Å². The second-order valence-electron chi connectivity index (χ2n) is 7.36. The molecule has 0 aliphatic carbocycles. The summed E-state index contributed by atoms with van der Waals surface area (Å²) >= 11 is 0. The zero-order valence-corrected chi connectivity index (χ0v) is 20.2. The molecule has 0 unspecified atom stereocenters. The van der Waals surface area contributed by atoms with Gasteiger partial charge in [0.05, 0.1) is 5.97 Å². The average Bonchev–Trinajstić information content (AvgIpc) is 2.72. The summed E-state index contributed by atoms with van der Waals surface area (Å²) in [6.45, 7) is 2.26. The second kappa shape index (κ2) is 23.9. The van der Waals surface area contributed by atoms with Gasteiger partial charge in [0.2, 0.25) is 0 Å². The Bertz CT molecular complexity index is 543. The third-order valence-corrected chi connectivity index (χ3v) is 4.65. The summed E-state index contributed by atoms with van der Waals surface area (Å²) in [6, 6.07) is 8.06. The van der Waals surface area contributed by atoms with E-state index in [9.17, 15) is 19.8 Å². The van der Waals surface area contributed by atoms with Gasteiger partial charge in [0.25, 0.3) is 0 Å². The van der Waals surface area contributed by atoms with Crippen molar-refractivity contribution in [2.45, 2.75) is 96.8 Å². The zero-order chi connectivity index (χ0) is 21.6. The molecular formula is C25H38MgO4. The number of aliphatic carboxylic acids is 1. The molecule has 0 N–H and O–H groups in total. The van der Waals surface area contributed by atoms with Crippen LogP contribution in [0.15, 0.2) is 42.5 Å². The van der Waals surface area contributed by atoms with Gasteiger partial charge in [-0.3, -0.25) is 0 Å². The first-order valence-corrected chi connectivity index (χ1v) is 11.2. The topological polar surface area (TPSA) is 80.3 Å². The number of rotatable bonds is 16. The van der Waals surface area contributed by atoms with Gasteiger partial charge in [0.15, 0.2) is 0 Å². The van der Waals surface area contributed by atoms with E-state index in [2.05, 4.69) is 19.1 Å². The van der Waals surface area contributed by atoms with Crippen LogP contribution < -0.4 is 10.2 Å². The molecule has 0 bridgehead atoms. The van der Waals surface area contributed by atoms with Gasteiger partial charge >= 0.3 is 23.1 Å². The normalized spacial score (nSPS) is 10.2. The number of benzene rings is 1. The first kappa shape index (κ1) is 30.9. The number of carboxylic acids is 2. The molecule has 0 saturated heterocycles. The van der Waals surface area contributed by atoms with E-state index < -0.39 is 11.9 Å². The van der Waals surface area contributed by atoms with Crippen molar-refractivity contribution in [2.24, 2.45) is 0 Å². The zero-order valence-electron chi connectivity index (χ0n) is 18.8. The number of carbonyl (C=O) groups is 2. The summed E-state index contributed by atoms with van der Waals surface area (Å²) in [5.41, 5.74) is 0.220. The maximum atomic E-state index is 10.2. The molecule has 1 aromatic carbocycles. The van der Waals surface area contributed by atoms with Crippen molar-refractivity contribution in [2.75, 3.05) is 0 Å². The Balaban J connectivity index is 0. The van der Waals surface area contributed by atoms with Crippen LogP contribution in [0, 0.1) is 0 Å². The van der Waals surface area contributed by atoms with E-state index in [0.717, 1.165) is 19.3 Å². The minimum Gasteiger partial charge on any atom is -0.550 e. The molecule has 0 aliphatic rings. The number of carboxylic acid groups (broad SMARTS) is 2. The molecule has 0 amide bonds. The molecule has 0 fully saturated rings. The molecule has 1 rings (SSSR count). The van der Waals surface area contributed by atoms with Gasteiger partial charge in [-0.1, -0.05) is 101 Å². The van der Waals surface area contributed by atoms with Crippen molar-refractivity contribution in [3.63, 3.8) is 0 Å². The van der Waals surface area contributed by atoms with Gasteiger partial charge in [-0.25, -0.2) is 0 Å². The summed E-state index contributed by atoms with van der Waals surface area (Å²) in [7, 11) is 0. The number of carbonyl (C=O) groups excluding carboxylic acids is 2. The van der Waals surface area contributed by atoms with Gasteiger partial charge in [-0.05, 0) is 44.1 Å². The van der Waals surface area contributed by atoms with Crippen molar-refractivity contribution >= 4 is 35.0 Å². The first-order valence-electron chi connectivity index (χ1n) is 11.2. The van der Waals surface area contributed by atoms with Crippen LogP contribution in [0.1, 0.15) is 107 Å². The number of hydrogen-bond acceptors (Lipinski definition) is 4. The molecule has 164 valence electrons. The Hall–Kier alpha value is -1.33. The van der Waals surface area contributed by atoms with E-state index in [1.54, 1.807) is 18.2 Å². The predicted octanol–water partition coefficient (Wildman–Crippen LogP) is 4.44. The molecule has 30 heavy (non-hydrogen) atoms. The standard InChI is InChI=1S/C18H34O2.C7H6O2.Mg/c1-2-3-4-5-6-7-8-9-10-11-12-13-14-15-16-17-18(19)20;8-7(9)6-4-2-1-3-5-6;/h9-10H,2-8,11-17H2,1H3,(H,19,20);1-5H,(H,8,9);/q;;+2/p-2/b10-9-;;. The van der Waals surface area contributed by atoms with Crippen LogP contribution in [0.4, 0.5) is 0 Å². The Morgan fingerprint density at radius 1 is 0.733 bits per heavy atom. The minimum absolute atomic E-state index is 0. The van der Waals surface area contributed by atoms with Crippen molar-refractivity contribution in [1.82, 2.24) is 0 Å². The van der Waals surface area contributed by atoms with Crippen LogP contribution in [0.3, 0.4) is 0 Å². The monoisotopic (exact) mass is 426 g/mol. The van der Waals surface area contributed by atoms with Crippen LogP contribution in [0.2, 0.25) is 0 Å². The Kier molecular flexibility index (Phi) is 24.6. The molecule has 4 nitrogen and oxygen atoms in total. The fraction of sp³-hybridized carbons (Fsp3) is 0.600. The van der Waals surface area contributed by atoms with Crippen LogP contribution in [0.5, 0.6) is 0 Å². The van der Waals surface area contributed by atoms with Gasteiger partial charge in [0.1, 0.15) is 0 Å². The van der Waals surface area contributed by atoms with Gasteiger partial charge in [0, 0.05) is 5.97 Å². The van der Waals surface area contributed by atoms with Crippen LogP contribution in [0.25, 0.3) is 0 Å². The van der Waals surface area contributed by atoms with E-state index in [1.807, 2.05) is 0 Å². The van der Waals surface area contributed by atoms with E-state index in [4.69, 9.17) is 0 Å². The van der Waals surface area contributed by atoms with E-state index in [-0.39, 0.29) is 35.0 Å². The summed E-state index contributed by atoms with van der Waals surface area (Å²) < 4.78 is 0. The third kappa shape index (κ3) is 23.0. The van der Waals surface area contributed by atoms with Gasteiger partial charge in [-0.15, -0.1) is 0 Å². The molecule has 0 aliphatic heterocycles. The summed E-state index contributed by atoms with van der Waals surface area (Å²) in [4.78, 5) is 20.3. The van der Waals surface area contributed by atoms with Crippen LogP contribution in [-0.2, 0) is 4.79 Å². The smallest absolute Gasteiger partial charge is 0.550 e. The molecule has 5 heteroatoms. The Morgan fingerprint density at radius 3 is 1.63 bits per heavy atom. The van der Waals surface area contributed by atoms with E-state index in [0.29, 0.717) is 0 Å². The van der Waals surface area contributed by atoms with E-state index >= 15 is 0 Å². The number of hydrogen-bond donors (Lipinski definition) is 0. The summed E-state index contributed by atoms with van der Waals surface area (Å²) in [5.74, 6) is -2.04. The second-order valence-corrected chi connectivity index (χ2v) is 7.36. The molecule has 0 heterocycles. The van der Waals surface area contributed by atoms with E-state index in [1.165, 1.54) is 76.3 Å². The van der Waals surface area contributed by atoms with Crippen molar-refractivity contribution in [3.05, 3.63) is 48.0 Å². The average molecular weight is 427 g/mol. The predicted molar refractivity (Wildman–Crippen MR) is 121 cm³/mol. The molecule has 0 saturated carbocycles. The number of unbranched alkanes of at least 4 members (excludes halogenated alkanes) is 11. The fourth-order valence-corrected chi connectivity index (χ4v) is 2.91. The Labute approximate surface area is 199 Å². The minimum atomic E-state index is -1.13. The molecule has 0 aromatic heterocycles. The van der Waals surface area contributed by atoms with Crippen molar-refractivity contribution in [3.8, 4) is 0 Å². The van der Waals surface area contributed by atoms with Crippen LogP contribution in [-0.4, -0.2) is 35.0 Å². The molecule has 0 atom stereocenters.